The van der Waals surface area contributed by atoms with Gasteiger partial charge < -0.3 is 5.32 Å². The summed E-state index contributed by atoms with van der Waals surface area (Å²) in [7, 11) is 0. The van der Waals surface area contributed by atoms with Crippen LogP contribution in [0.1, 0.15) is 11.1 Å². The van der Waals surface area contributed by atoms with Gasteiger partial charge in [-0.3, -0.25) is 4.90 Å². The van der Waals surface area contributed by atoms with Crippen LogP contribution in [0.2, 0.25) is 0 Å². The van der Waals surface area contributed by atoms with E-state index in [0.29, 0.717) is 6.54 Å². The summed E-state index contributed by atoms with van der Waals surface area (Å²) in [6, 6.07) is 6.36. The van der Waals surface area contributed by atoms with E-state index in [1.54, 1.807) is 0 Å². The highest BCUT2D eigenvalue weighted by molar-refractivity contribution is 5.23. The summed E-state index contributed by atoms with van der Waals surface area (Å²) in [6.45, 7) is 4.42. The third kappa shape index (κ3) is 3.44. The molecule has 5 heteroatoms. The molecule has 0 unspecified atom stereocenters. The van der Waals surface area contributed by atoms with Crippen molar-refractivity contribution in [3.8, 4) is 0 Å². The van der Waals surface area contributed by atoms with Gasteiger partial charge in [0.1, 0.15) is 0 Å². The van der Waals surface area contributed by atoms with Crippen LogP contribution in [0, 0.1) is 6.07 Å². The van der Waals surface area contributed by atoms with E-state index in [0.717, 1.165) is 37.8 Å². The molecule has 0 aromatic heterocycles. The normalized spacial score (nSPS) is 18.3. The number of alkyl halides is 3. The SMILES string of the molecule is FC(F)(F)c1[c]cc(CN2CCNCC2)cc1. The Kier molecular flexibility index (Phi) is 3.69. The Labute approximate surface area is 98.4 Å². The van der Waals surface area contributed by atoms with E-state index in [1.807, 2.05) is 0 Å². The van der Waals surface area contributed by atoms with Gasteiger partial charge in [-0.2, -0.15) is 13.2 Å². The molecule has 0 atom stereocenters. The van der Waals surface area contributed by atoms with Gasteiger partial charge in [0, 0.05) is 32.7 Å². The first-order valence-corrected chi connectivity index (χ1v) is 5.56. The molecule has 1 fully saturated rings. The Hall–Kier alpha value is -1.07. The molecule has 0 bridgehead atoms. The lowest BCUT2D eigenvalue weighted by Crippen LogP contribution is -2.42. The van der Waals surface area contributed by atoms with E-state index in [4.69, 9.17) is 0 Å². The van der Waals surface area contributed by atoms with Crippen LogP contribution in [0.25, 0.3) is 0 Å². The third-order valence-electron chi connectivity index (χ3n) is 2.80. The zero-order valence-corrected chi connectivity index (χ0v) is 9.35. The second kappa shape index (κ2) is 5.06. The van der Waals surface area contributed by atoms with Crippen molar-refractivity contribution < 1.29 is 13.2 Å². The van der Waals surface area contributed by atoms with Gasteiger partial charge in [-0.1, -0.05) is 6.07 Å². The Morgan fingerprint density at radius 2 is 1.94 bits per heavy atom. The lowest BCUT2D eigenvalue weighted by Gasteiger charge is -2.27. The highest BCUT2D eigenvalue weighted by atomic mass is 19.4. The number of benzene rings is 1. The molecule has 1 aliphatic rings. The minimum Gasteiger partial charge on any atom is -0.314 e. The van der Waals surface area contributed by atoms with Crippen LogP contribution in [-0.4, -0.2) is 31.1 Å². The average molecular weight is 243 g/mol. The summed E-state index contributed by atoms with van der Waals surface area (Å²) in [6.07, 6.45) is -4.30. The fourth-order valence-electron chi connectivity index (χ4n) is 1.86. The van der Waals surface area contributed by atoms with Gasteiger partial charge in [-0.25, -0.2) is 0 Å². The highest BCUT2D eigenvalue weighted by Crippen LogP contribution is 2.28. The quantitative estimate of drug-likeness (QED) is 0.853. The van der Waals surface area contributed by atoms with Gasteiger partial charge in [-0.05, 0) is 23.8 Å². The van der Waals surface area contributed by atoms with Gasteiger partial charge in [0.15, 0.2) is 0 Å². The first-order valence-electron chi connectivity index (χ1n) is 5.56. The number of hydrogen-bond donors (Lipinski definition) is 1. The van der Waals surface area contributed by atoms with Gasteiger partial charge in [-0.15, -0.1) is 0 Å². The largest absolute Gasteiger partial charge is 0.417 e. The van der Waals surface area contributed by atoms with Crippen molar-refractivity contribution in [1.82, 2.24) is 10.2 Å². The summed E-state index contributed by atoms with van der Waals surface area (Å²) >= 11 is 0. The Balaban J connectivity index is 1.98. The van der Waals surface area contributed by atoms with E-state index in [1.165, 1.54) is 12.1 Å². The van der Waals surface area contributed by atoms with Gasteiger partial charge >= 0.3 is 6.18 Å². The fraction of sp³-hybridized carbons (Fsp3) is 0.500. The highest BCUT2D eigenvalue weighted by Gasteiger charge is 2.30. The molecular weight excluding hydrogens is 229 g/mol. The molecule has 0 saturated carbocycles. The second-order valence-corrected chi connectivity index (χ2v) is 4.13. The molecule has 1 heterocycles. The molecule has 0 amide bonds. The average Bonchev–Trinajstić information content (AvgIpc) is 2.30. The van der Waals surface area contributed by atoms with E-state index in [-0.39, 0.29) is 0 Å². The van der Waals surface area contributed by atoms with Crippen molar-refractivity contribution in [2.75, 3.05) is 26.2 Å². The van der Waals surface area contributed by atoms with Crippen LogP contribution in [0.15, 0.2) is 18.2 Å². The maximum Gasteiger partial charge on any atom is 0.417 e. The summed E-state index contributed by atoms with van der Waals surface area (Å²) in [4.78, 5) is 2.22. The minimum atomic E-state index is -4.30. The summed E-state index contributed by atoms with van der Waals surface area (Å²) in [5.41, 5.74) is 0.168. The zero-order chi connectivity index (χ0) is 12.3. The third-order valence-corrected chi connectivity index (χ3v) is 2.80. The molecule has 1 N–H and O–H groups in total. The number of nitrogens with one attached hydrogen (secondary N) is 1. The lowest BCUT2D eigenvalue weighted by molar-refractivity contribution is -0.137. The van der Waals surface area contributed by atoms with Gasteiger partial charge in [0.2, 0.25) is 0 Å². The van der Waals surface area contributed by atoms with Crippen LogP contribution in [0.5, 0.6) is 0 Å². The molecule has 0 spiro atoms. The minimum absolute atomic E-state index is 0.691. The number of hydrogen-bond acceptors (Lipinski definition) is 2. The standard InChI is InChI=1S/C12H14F3N2/c13-12(14,15)11-3-1-10(2-4-11)9-17-7-5-16-6-8-17/h1-3,16H,5-9H2. The number of rotatable bonds is 2. The Morgan fingerprint density at radius 3 is 2.47 bits per heavy atom. The predicted octanol–water partition coefficient (Wildman–Crippen LogP) is 1.91. The van der Waals surface area contributed by atoms with Crippen LogP contribution >= 0.6 is 0 Å². The van der Waals surface area contributed by atoms with Crippen LogP contribution in [0.3, 0.4) is 0 Å². The first-order chi connectivity index (χ1) is 8.05. The topological polar surface area (TPSA) is 15.3 Å². The summed E-state index contributed by atoms with van der Waals surface area (Å²) in [5, 5.41) is 3.23. The Bertz CT molecular complexity index is 353. The second-order valence-electron chi connectivity index (χ2n) is 4.13. The number of piperazine rings is 1. The molecule has 1 saturated heterocycles. The van der Waals surface area contributed by atoms with E-state index in [9.17, 15) is 13.2 Å². The van der Waals surface area contributed by atoms with Crippen molar-refractivity contribution in [3.63, 3.8) is 0 Å². The molecule has 2 rings (SSSR count). The van der Waals surface area contributed by atoms with Crippen molar-refractivity contribution in [3.05, 3.63) is 35.4 Å². The molecule has 1 aromatic rings. The van der Waals surface area contributed by atoms with Crippen molar-refractivity contribution in [1.29, 1.82) is 0 Å². The van der Waals surface area contributed by atoms with Crippen molar-refractivity contribution in [2.24, 2.45) is 0 Å². The van der Waals surface area contributed by atoms with Crippen LogP contribution in [0.4, 0.5) is 13.2 Å². The maximum atomic E-state index is 12.3. The lowest BCUT2D eigenvalue weighted by atomic mass is 10.1. The molecule has 93 valence electrons. The van der Waals surface area contributed by atoms with Crippen LogP contribution < -0.4 is 5.32 Å². The molecular formula is C12H14F3N2. The molecule has 1 aromatic carbocycles. The van der Waals surface area contributed by atoms with Crippen molar-refractivity contribution >= 4 is 0 Å². The molecule has 1 radical (unpaired) electrons. The van der Waals surface area contributed by atoms with E-state index >= 15 is 0 Å². The smallest absolute Gasteiger partial charge is 0.314 e. The number of nitrogens with zero attached hydrogens (tertiary/aromatic N) is 1. The molecule has 1 aliphatic heterocycles. The maximum absolute atomic E-state index is 12.3. The monoisotopic (exact) mass is 243 g/mol. The summed E-state index contributed by atoms with van der Waals surface area (Å²) in [5.74, 6) is 0. The van der Waals surface area contributed by atoms with E-state index in [2.05, 4.69) is 16.3 Å². The van der Waals surface area contributed by atoms with E-state index < -0.39 is 11.7 Å². The zero-order valence-electron chi connectivity index (χ0n) is 9.35. The molecule has 2 nitrogen and oxygen atoms in total. The predicted molar refractivity (Wildman–Crippen MR) is 58.4 cm³/mol. The first kappa shape index (κ1) is 12.4. The van der Waals surface area contributed by atoms with Crippen molar-refractivity contribution in [2.45, 2.75) is 12.7 Å². The summed E-state index contributed by atoms with van der Waals surface area (Å²) < 4.78 is 37.0. The van der Waals surface area contributed by atoms with Gasteiger partial charge in [0.25, 0.3) is 0 Å². The number of halogens is 3. The Morgan fingerprint density at radius 1 is 1.24 bits per heavy atom. The molecule has 0 aliphatic carbocycles. The van der Waals surface area contributed by atoms with Crippen LogP contribution in [-0.2, 0) is 12.7 Å². The fourth-order valence-corrected chi connectivity index (χ4v) is 1.86. The van der Waals surface area contributed by atoms with Gasteiger partial charge in [0.05, 0.1) is 5.56 Å². The molecule has 17 heavy (non-hydrogen) atoms.